The van der Waals surface area contributed by atoms with Crippen molar-refractivity contribution < 1.29 is 32.9 Å². The van der Waals surface area contributed by atoms with Crippen LogP contribution in [0, 0.1) is 9.39 Å². The Hall–Kier alpha value is -4.30. The summed E-state index contributed by atoms with van der Waals surface area (Å²) in [6.07, 6.45) is 1.70. The zero-order valence-corrected chi connectivity index (χ0v) is 27.5. The van der Waals surface area contributed by atoms with Gasteiger partial charge in [0.05, 0.1) is 45.7 Å². The lowest BCUT2D eigenvalue weighted by atomic mass is 9.93. The first-order valence-electron chi connectivity index (χ1n) is 14.0. The average molecular weight is 743 g/mol. The molecule has 0 saturated carbocycles. The predicted octanol–water partition coefficient (Wildman–Crippen LogP) is 4.63. The summed E-state index contributed by atoms with van der Waals surface area (Å²) in [4.78, 5) is 44.7. The Morgan fingerprint density at radius 1 is 1.04 bits per heavy atom. The number of hydrogen-bond acceptors (Lipinski definition) is 9. The molecule has 0 amide bonds. The number of aromatic nitrogens is 1. The second-order valence-electron chi connectivity index (χ2n) is 9.61. The molecule has 1 aliphatic heterocycles. The van der Waals surface area contributed by atoms with Gasteiger partial charge in [-0.3, -0.25) is 9.36 Å². The quantitative estimate of drug-likeness (QED) is 0.173. The number of ether oxygens (including phenoxy) is 4. The molecule has 3 aromatic carbocycles. The van der Waals surface area contributed by atoms with E-state index in [9.17, 15) is 18.8 Å². The minimum Gasteiger partial charge on any atom is -0.493 e. The van der Waals surface area contributed by atoms with E-state index >= 15 is 0 Å². The second-order valence-corrected chi connectivity index (χ2v) is 11.8. The number of nitrogens with zero attached hydrogens (tertiary/aromatic N) is 2. The number of thiazole rings is 1. The van der Waals surface area contributed by atoms with Crippen LogP contribution in [0.5, 0.6) is 11.5 Å². The Morgan fingerprint density at radius 3 is 2.42 bits per heavy atom. The highest BCUT2D eigenvalue weighted by atomic mass is 127. The van der Waals surface area contributed by atoms with Gasteiger partial charge >= 0.3 is 11.9 Å². The van der Waals surface area contributed by atoms with E-state index < -0.39 is 29.4 Å². The SMILES string of the molecule is CCOC(=O)COc1c(I)cc(/C=c2\sc3n(c2=O)[C@H](c2ccc(F)cc2)C(C(=O)OCC)=C(c2ccccc2)N=3)cc1OC. The Bertz CT molecular complexity index is 1950. The van der Waals surface area contributed by atoms with Crippen molar-refractivity contribution in [3.63, 3.8) is 0 Å². The molecule has 1 atom stereocenters. The van der Waals surface area contributed by atoms with E-state index in [-0.39, 0.29) is 25.4 Å². The smallest absolute Gasteiger partial charge is 0.344 e. The Balaban J connectivity index is 1.69. The second kappa shape index (κ2) is 14.2. The van der Waals surface area contributed by atoms with Crippen molar-refractivity contribution in [2.75, 3.05) is 26.9 Å². The molecule has 0 bridgehead atoms. The van der Waals surface area contributed by atoms with E-state index in [1.165, 1.54) is 23.8 Å². The van der Waals surface area contributed by atoms with E-state index in [0.29, 0.717) is 46.8 Å². The van der Waals surface area contributed by atoms with Crippen LogP contribution in [0.4, 0.5) is 4.39 Å². The van der Waals surface area contributed by atoms with Crippen LogP contribution in [0.15, 0.2) is 82.1 Å². The van der Waals surface area contributed by atoms with Crippen LogP contribution in [0.25, 0.3) is 11.8 Å². The monoisotopic (exact) mass is 742 g/mol. The van der Waals surface area contributed by atoms with Crippen LogP contribution in [-0.4, -0.2) is 43.4 Å². The molecular formula is C33H28FIN2O7S. The van der Waals surface area contributed by atoms with Crippen molar-refractivity contribution >= 4 is 57.6 Å². The first kappa shape index (κ1) is 32.1. The molecule has 232 valence electrons. The number of fused-ring (bicyclic) bond motifs is 1. The van der Waals surface area contributed by atoms with Crippen molar-refractivity contribution in [1.29, 1.82) is 0 Å². The van der Waals surface area contributed by atoms with Gasteiger partial charge in [-0.15, -0.1) is 0 Å². The third-order valence-corrected chi connectivity index (χ3v) is 8.53. The zero-order chi connectivity index (χ0) is 32.1. The lowest BCUT2D eigenvalue weighted by Gasteiger charge is -2.25. The van der Waals surface area contributed by atoms with Gasteiger partial charge in [-0.05, 0) is 77.9 Å². The number of esters is 2. The largest absolute Gasteiger partial charge is 0.493 e. The highest BCUT2D eigenvalue weighted by molar-refractivity contribution is 14.1. The molecule has 0 N–H and O–H groups in total. The molecule has 5 rings (SSSR count). The fraction of sp³-hybridized carbons (Fsp3) is 0.212. The first-order valence-corrected chi connectivity index (χ1v) is 15.8. The summed E-state index contributed by atoms with van der Waals surface area (Å²) >= 11 is 3.23. The molecule has 0 spiro atoms. The van der Waals surface area contributed by atoms with E-state index in [0.717, 1.165) is 11.3 Å². The predicted molar refractivity (Wildman–Crippen MR) is 175 cm³/mol. The Kier molecular flexibility index (Phi) is 10.1. The summed E-state index contributed by atoms with van der Waals surface area (Å²) in [5, 5.41) is 0. The summed E-state index contributed by atoms with van der Waals surface area (Å²) in [7, 11) is 1.48. The Morgan fingerprint density at radius 2 is 1.76 bits per heavy atom. The zero-order valence-electron chi connectivity index (χ0n) is 24.5. The third kappa shape index (κ3) is 6.86. The van der Waals surface area contributed by atoms with Crippen LogP contribution in [-0.2, 0) is 19.1 Å². The summed E-state index contributed by atoms with van der Waals surface area (Å²) in [5.74, 6) is -0.845. The Labute approximate surface area is 275 Å². The van der Waals surface area contributed by atoms with Gasteiger partial charge in [-0.1, -0.05) is 53.8 Å². The number of methoxy groups -OCH3 is 1. The van der Waals surface area contributed by atoms with Crippen molar-refractivity contribution in [3.8, 4) is 11.5 Å². The molecule has 2 heterocycles. The minimum absolute atomic E-state index is 0.116. The number of carbonyl (C=O) groups excluding carboxylic acids is 2. The van der Waals surface area contributed by atoms with Gasteiger partial charge in [0.1, 0.15) is 5.82 Å². The molecule has 1 aliphatic rings. The molecule has 0 radical (unpaired) electrons. The van der Waals surface area contributed by atoms with E-state index in [1.807, 2.05) is 30.3 Å². The molecular weight excluding hydrogens is 714 g/mol. The average Bonchev–Trinajstić information content (AvgIpc) is 3.34. The fourth-order valence-corrected chi connectivity index (χ4v) is 6.63. The maximum atomic E-state index is 14.1. The maximum absolute atomic E-state index is 14.1. The van der Waals surface area contributed by atoms with E-state index in [2.05, 4.69) is 22.6 Å². The number of halogens is 2. The molecule has 12 heteroatoms. The van der Waals surface area contributed by atoms with Crippen LogP contribution in [0.3, 0.4) is 0 Å². The topological polar surface area (TPSA) is 105 Å². The molecule has 0 fully saturated rings. The van der Waals surface area contributed by atoms with Crippen molar-refractivity contribution in [2.45, 2.75) is 19.9 Å². The van der Waals surface area contributed by atoms with Crippen LogP contribution in [0.1, 0.15) is 36.6 Å². The van der Waals surface area contributed by atoms with Gasteiger partial charge < -0.3 is 18.9 Å². The van der Waals surface area contributed by atoms with E-state index in [1.54, 1.807) is 44.2 Å². The first-order chi connectivity index (χ1) is 21.7. The molecule has 1 aromatic heterocycles. The van der Waals surface area contributed by atoms with Gasteiger partial charge in [0.15, 0.2) is 22.9 Å². The van der Waals surface area contributed by atoms with Crippen LogP contribution in [0.2, 0.25) is 0 Å². The number of hydrogen-bond donors (Lipinski definition) is 0. The number of benzene rings is 3. The maximum Gasteiger partial charge on any atom is 0.344 e. The lowest BCUT2D eigenvalue weighted by Crippen LogP contribution is -2.40. The minimum atomic E-state index is -0.924. The van der Waals surface area contributed by atoms with Gasteiger partial charge in [-0.2, -0.15) is 0 Å². The normalized spacial score (nSPS) is 14.4. The van der Waals surface area contributed by atoms with Crippen molar-refractivity contribution in [2.24, 2.45) is 4.99 Å². The van der Waals surface area contributed by atoms with Gasteiger partial charge in [0, 0.05) is 5.56 Å². The summed E-state index contributed by atoms with van der Waals surface area (Å²) in [5.41, 5.74) is 1.98. The van der Waals surface area contributed by atoms with Crippen LogP contribution < -0.4 is 24.4 Å². The highest BCUT2D eigenvalue weighted by Gasteiger charge is 2.35. The molecule has 4 aromatic rings. The van der Waals surface area contributed by atoms with Gasteiger partial charge in [-0.25, -0.2) is 19.0 Å². The van der Waals surface area contributed by atoms with E-state index in [4.69, 9.17) is 23.9 Å². The summed E-state index contributed by atoms with van der Waals surface area (Å²) < 4.78 is 38.0. The number of rotatable bonds is 10. The van der Waals surface area contributed by atoms with Gasteiger partial charge in [0.2, 0.25) is 0 Å². The molecule has 0 unspecified atom stereocenters. The highest BCUT2D eigenvalue weighted by Crippen LogP contribution is 2.36. The molecule has 0 saturated heterocycles. The number of carbonyl (C=O) groups is 2. The third-order valence-electron chi connectivity index (χ3n) is 6.75. The molecule has 45 heavy (non-hydrogen) atoms. The standard InChI is InChI=1S/C33H28FIN2O7S/c1-4-42-26(38)18-44-30-23(35)15-19(16-24(30)41-3)17-25-31(39)37-29(21-11-13-22(34)14-12-21)27(32(40)43-5-2)28(36-33(37)45-25)20-9-7-6-8-10-20/h6-17,29H,4-5,18H2,1-3H3/b25-17-/t29-/m1/s1. The summed E-state index contributed by atoms with van der Waals surface area (Å²) in [6, 6.07) is 17.4. The lowest BCUT2D eigenvalue weighted by molar-refractivity contribution is -0.145. The summed E-state index contributed by atoms with van der Waals surface area (Å²) in [6.45, 7) is 3.48. The van der Waals surface area contributed by atoms with Gasteiger partial charge in [0.25, 0.3) is 5.56 Å². The van der Waals surface area contributed by atoms with Crippen LogP contribution >= 0.6 is 33.9 Å². The van der Waals surface area contributed by atoms with Crippen molar-refractivity contribution in [3.05, 3.63) is 118 Å². The fourth-order valence-electron chi connectivity index (χ4n) is 4.85. The molecule has 9 nitrogen and oxygen atoms in total. The van der Waals surface area contributed by atoms with Crippen molar-refractivity contribution in [1.82, 2.24) is 4.57 Å². The molecule has 0 aliphatic carbocycles.